The lowest BCUT2D eigenvalue weighted by Gasteiger charge is -2.08. The largest absolute Gasteiger partial charge is 0.573 e. The summed E-state index contributed by atoms with van der Waals surface area (Å²) in [5.41, 5.74) is 2.61. The Morgan fingerprint density at radius 3 is 2.29 bits per heavy atom. The molecule has 1 amide bonds. The van der Waals surface area contributed by atoms with Crippen LogP contribution in [0.5, 0.6) is 5.75 Å². The van der Waals surface area contributed by atoms with Gasteiger partial charge in [0, 0.05) is 5.38 Å². The van der Waals surface area contributed by atoms with Gasteiger partial charge in [-0.2, -0.15) is 0 Å². The van der Waals surface area contributed by atoms with Crippen molar-refractivity contribution in [2.45, 2.75) is 19.7 Å². The maximum atomic E-state index is 12.3. The fraction of sp³-hybridized carbons (Fsp3) is 0.182. The molecule has 0 aliphatic heterocycles. The molecule has 1 N–H and O–H groups in total. The Kier molecular flexibility index (Phi) is 6.96. The van der Waals surface area contributed by atoms with Crippen molar-refractivity contribution in [3.8, 4) is 16.9 Å². The molecule has 0 unspecified atom stereocenters. The highest BCUT2D eigenvalue weighted by atomic mass is 32.1. The van der Waals surface area contributed by atoms with Crippen molar-refractivity contribution in [1.82, 2.24) is 0 Å². The van der Waals surface area contributed by atoms with Crippen LogP contribution in [0.25, 0.3) is 11.1 Å². The van der Waals surface area contributed by atoms with E-state index >= 15 is 0 Å². The molecule has 0 fully saturated rings. The number of benzene rings is 2. The summed E-state index contributed by atoms with van der Waals surface area (Å²) < 4.78 is 45.5. The van der Waals surface area contributed by atoms with Crippen LogP contribution in [0.2, 0.25) is 0 Å². The zero-order valence-corrected chi connectivity index (χ0v) is 17.2. The van der Waals surface area contributed by atoms with Crippen molar-refractivity contribution in [1.29, 1.82) is 0 Å². The summed E-state index contributed by atoms with van der Waals surface area (Å²) in [4.78, 5) is 24.0. The second kappa shape index (κ2) is 9.65. The minimum atomic E-state index is -4.74. The highest BCUT2D eigenvalue weighted by Crippen LogP contribution is 2.31. The third kappa shape index (κ3) is 6.58. The van der Waals surface area contributed by atoms with Gasteiger partial charge in [-0.3, -0.25) is 4.79 Å². The van der Waals surface area contributed by atoms with Gasteiger partial charge in [-0.15, -0.1) is 24.5 Å². The number of rotatable bonds is 7. The van der Waals surface area contributed by atoms with Crippen molar-refractivity contribution < 1.29 is 32.2 Å². The molecule has 0 saturated carbocycles. The van der Waals surface area contributed by atoms with Crippen LogP contribution in [0.4, 0.5) is 18.2 Å². The van der Waals surface area contributed by atoms with Crippen molar-refractivity contribution in [3.63, 3.8) is 0 Å². The van der Waals surface area contributed by atoms with Crippen LogP contribution in [0.15, 0.2) is 60.0 Å². The number of ether oxygens (including phenoxy) is 2. The molecule has 1 heterocycles. The number of esters is 1. The Bertz CT molecular complexity index is 1040. The molecule has 0 bridgehead atoms. The number of hydrogen-bond donors (Lipinski definition) is 1. The fourth-order valence-corrected chi connectivity index (χ4v) is 3.57. The van der Waals surface area contributed by atoms with Gasteiger partial charge in [0.1, 0.15) is 5.75 Å². The summed E-state index contributed by atoms with van der Waals surface area (Å²) in [7, 11) is 0. The Morgan fingerprint density at radius 2 is 1.68 bits per heavy atom. The molecule has 2 aromatic carbocycles. The number of amides is 1. The molecule has 0 radical (unpaired) electrons. The van der Waals surface area contributed by atoms with E-state index in [1.54, 1.807) is 42.6 Å². The lowest BCUT2D eigenvalue weighted by atomic mass is 10.1. The lowest BCUT2D eigenvalue weighted by Crippen LogP contribution is -2.16. The van der Waals surface area contributed by atoms with Gasteiger partial charge in [-0.25, -0.2) is 4.79 Å². The van der Waals surface area contributed by atoms with E-state index in [4.69, 9.17) is 4.74 Å². The molecule has 9 heteroatoms. The maximum Gasteiger partial charge on any atom is 0.573 e. The van der Waals surface area contributed by atoms with E-state index in [-0.39, 0.29) is 24.7 Å². The average molecular weight is 449 g/mol. The quantitative estimate of drug-likeness (QED) is 0.472. The zero-order valence-electron chi connectivity index (χ0n) is 16.4. The highest BCUT2D eigenvalue weighted by Gasteiger charge is 2.30. The third-order valence-corrected chi connectivity index (χ3v) is 4.96. The minimum absolute atomic E-state index is 0.125. The molecule has 162 valence electrons. The number of thiophene rings is 1. The Hall–Kier alpha value is -3.33. The van der Waals surface area contributed by atoms with Crippen molar-refractivity contribution in [2.75, 3.05) is 11.9 Å². The predicted molar refractivity (Wildman–Crippen MR) is 111 cm³/mol. The molecule has 3 rings (SSSR count). The van der Waals surface area contributed by atoms with E-state index < -0.39 is 12.3 Å². The third-order valence-electron chi connectivity index (χ3n) is 4.11. The van der Waals surface area contributed by atoms with Gasteiger partial charge in [-0.1, -0.05) is 24.3 Å². The zero-order chi connectivity index (χ0) is 22.4. The van der Waals surface area contributed by atoms with Crippen LogP contribution in [0.1, 0.15) is 22.8 Å². The standard InChI is InChI=1S/C22H18F3NO4S/c1-2-29-21(28)16-5-3-14(4-6-16)11-19(27)26-20-12-17(13-31-20)15-7-9-18(10-8-15)30-22(23,24)25/h3-10,12-13H,2,11H2,1H3,(H,26,27). The van der Waals surface area contributed by atoms with Crippen molar-refractivity contribution in [2.24, 2.45) is 0 Å². The van der Waals surface area contributed by atoms with E-state index in [0.717, 1.165) is 11.1 Å². The fourth-order valence-electron chi connectivity index (χ4n) is 2.74. The van der Waals surface area contributed by atoms with Gasteiger partial charge >= 0.3 is 12.3 Å². The van der Waals surface area contributed by atoms with E-state index in [0.29, 0.717) is 16.1 Å². The summed E-state index contributed by atoms with van der Waals surface area (Å²) in [6.45, 7) is 2.02. The number of halogens is 3. The first-order valence-electron chi connectivity index (χ1n) is 9.24. The molecule has 0 aliphatic carbocycles. The molecule has 5 nitrogen and oxygen atoms in total. The van der Waals surface area contributed by atoms with E-state index in [2.05, 4.69) is 10.1 Å². The number of nitrogens with one attached hydrogen (secondary N) is 1. The Labute approximate surface area is 180 Å². The van der Waals surface area contributed by atoms with Crippen LogP contribution in [-0.4, -0.2) is 24.8 Å². The van der Waals surface area contributed by atoms with Crippen LogP contribution in [-0.2, 0) is 16.0 Å². The van der Waals surface area contributed by atoms with E-state index in [1.165, 1.54) is 35.6 Å². The Morgan fingerprint density at radius 1 is 1.00 bits per heavy atom. The molecule has 0 aliphatic rings. The van der Waals surface area contributed by atoms with Crippen molar-refractivity contribution in [3.05, 3.63) is 71.1 Å². The predicted octanol–water partition coefficient (Wildman–Crippen LogP) is 5.67. The Balaban J connectivity index is 1.58. The molecule has 0 spiro atoms. The van der Waals surface area contributed by atoms with Gasteiger partial charge in [0.15, 0.2) is 0 Å². The topological polar surface area (TPSA) is 64.6 Å². The monoisotopic (exact) mass is 449 g/mol. The van der Waals surface area contributed by atoms with Gasteiger partial charge in [0.05, 0.1) is 23.6 Å². The van der Waals surface area contributed by atoms with Crippen LogP contribution in [0.3, 0.4) is 0 Å². The molecule has 1 aromatic heterocycles. The van der Waals surface area contributed by atoms with Crippen LogP contribution >= 0.6 is 11.3 Å². The molecule has 3 aromatic rings. The number of hydrogen-bond acceptors (Lipinski definition) is 5. The van der Waals surface area contributed by atoms with Gasteiger partial charge in [0.2, 0.25) is 5.91 Å². The SMILES string of the molecule is CCOC(=O)c1ccc(CC(=O)Nc2cc(-c3ccc(OC(F)(F)F)cc3)cs2)cc1. The average Bonchev–Trinajstić information content (AvgIpc) is 3.16. The maximum absolute atomic E-state index is 12.3. The lowest BCUT2D eigenvalue weighted by molar-refractivity contribution is -0.274. The smallest absolute Gasteiger partial charge is 0.462 e. The van der Waals surface area contributed by atoms with Crippen LogP contribution in [0, 0.1) is 0 Å². The normalized spacial score (nSPS) is 11.1. The summed E-state index contributed by atoms with van der Waals surface area (Å²) in [6.07, 6.45) is -4.61. The summed E-state index contributed by atoms with van der Waals surface area (Å²) in [5, 5.41) is 5.20. The molecular formula is C22H18F3NO4S. The first-order valence-corrected chi connectivity index (χ1v) is 10.1. The molecule has 0 saturated heterocycles. The highest BCUT2D eigenvalue weighted by molar-refractivity contribution is 7.14. The summed E-state index contributed by atoms with van der Waals surface area (Å²) >= 11 is 1.30. The van der Waals surface area contributed by atoms with Gasteiger partial charge < -0.3 is 14.8 Å². The van der Waals surface area contributed by atoms with Crippen molar-refractivity contribution >= 4 is 28.2 Å². The second-order valence-corrected chi connectivity index (χ2v) is 7.33. The van der Waals surface area contributed by atoms with E-state index in [1.807, 2.05) is 0 Å². The van der Waals surface area contributed by atoms with E-state index in [9.17, 15) is 22.8 Å². The molecule has 31 heavy (non-hydrogen) atoms. The number of carbonyl (C=O) groups is 2. The first-order chi connectivity index (χ1) is 14.7. The summed E-state index contributed by atoms with van der Waals surface area (Å²) in [5.74, 6) is -0.942. The van der Waals surface area contributed by atoms with Crippen LogP contribution < -0.4 is 10.1 Å². The number of anilines is 1. The number of alkyl halides is 3. The van der Waals surface area contributed by atoms with Gasteiger partial charge in [-0.05, 0) is 53.9 Å². The molecular weight excluding hydrogens is 431 g/mol. The molecule has 0 atom stereocenters. The first kappa shape index (κ1) is 22.4. The second-order valence-electron chi connectivity index (χ2n) is 6.41. The van der Waals surface area contributed by atoms with Gasteiger partial charge in [0.25, 0.3) is 0 Å². The summed E-state index contributed by atoms with van der Waals surface area (Å²) in [6, 6.07) is 13.8. The number of carbonyl (C=O) groups excluding carboxylic acids is 2. The minimum Gasteiger partial charge on any atom is -0.462 e.